The van der Waals surface area contributed by atoms with Crippen LogP contribution in [0.25, 0.3) is 0 Å². The number of guanidine groups is 1. The number of hydrogen-bond donors (Lipinski definition) is 2. The lowest BCUT2D eigenvalue weighted by Crippen LogP contribution is -2.24. The third-order valence-corrected chi connectivity index (χ3v) is 3.69. The van der Waals surface area contributed by atoms with Gasteiger partial charge in [-0.05, 0) is 36.0 Å². The third kappa shape index (κ3) is 4.10. The minimum atomic E-state index is 0.472. The smallest absolute Gasteiger partial charge is 0.193 e. The number of anilines is 1. The molecule has 0 aliphatic rings. The van der Waals surface area contributed by atoms with Crippen LogP contribution < -0.4 is 11.1 Å². The summed E-state index contributed by atoms with van der Waals surface area (Å²) in [5.74, 6) is 0.472. The molecule has 1 aromatic heterocycles. The van der Waals surface area contributed by atoms with Crippen LogP contribution in [-0.2, 0) is 26.3 Å². The Kier molecular flexibility index (Phi) is 5.58. The van der Waals surface area contributed by atoms with Crippen molar-refractivity contribution in [2.45, 2.75) is 33.1 Å². The van der Waals surface area contributed by atoms with Crippen molar-refractivity contribution in [3.8, 4) is 0 Å². The third-order valence-electron chi connectivity index (χ3n) is 3.69. The first-order chi connectivity index (χ1) is 10.6. The molecule has 1 heterocycles. The van der Waals surface area contributed by atoms with E-state index in [4.69, 9.17) is 5.73 Å². The Labute approximate surface area is 132 Å². The molecule has 0 bridgehead atoms. The second-order valence-corrected chi connectivity index (χ2v) is 5.32. The normalized spacial score (nSPS) is 11.7. The van der Waals surface area contributed by atoms with E-state index < -0.39 is 0 Å². The number of aryl methyl sites for hydroxylation is 3. The van der Waals surface area contributed by atoms with Gasteiger partial charge in [-0.1, -0.05) is 32.0 Å². The molecule has 0 fully saturated rings. The number of aromatic nitrogens is 2. The van der Waals surface area contributed by atoms with Gasteiger partial charge in [-0.15, -0.1) is 0 Å². The van der Waals surface area contributed by atoms with Gasteiger partial charge in [0, 0.05) is 25.5 Å². The van der Waals surface area contributed by atoms with E-state index in [1.807, 2.05) is 19.4 Å². The second-order valence-electron chi connectivity index (χ2n) is 5.32. The van der Waals surface area contributed by atoms with Crippen molar-refractivity contribution in [3.05, 3.63) is 47.3 Å². The average Bonchev–Trinajstić information content (AvgIpc) is 2.93. The topological polar surface area (TPSA) is 68.2 Å². The minimum absolute atomic E-state index is 0.472. The largest absolute Gasteiger partial charge is 0.370 e. The fourth-order valence-electron chi connectivity index (χ4n) is 2.48. The first-order valence-electron chi connectivity index (χ1n) is 7.79. The number of nitrogens with zero attached hydrogens (tertiary/aromatic N) is 3. The minimum Gasteiger partial charge on any atom is -0.370 e. The van der Waals surface area contributed by atoms with E-state index in [-0.39, 0.29) is 0 Å². The first-order valence-corrected chi connectivity index (χ1v) is 7.79. The number of rotatable bonds is 6. The summed E-state index contributed by atoms with van der Waals surface area (Å²) in [5.41, 5.74) is 10.9. The van der Waals surface area contributed by atoms with Crippen LogP contribution in [0.2, 0.25) is 0 Å². The summed E-state index contributed by atoms with van der Waals surface area (Å²) >= 11 is 0. The SMILES string of the molecule is CCc1cccc(CC)c1NC(N)=NCCc1cnn(C)c1. The van der Waals surface area contributed by atoms with Crippen LogP contribution in [0.4, 0.5) is 5.69 Å². The van der Waals surface area contributed by atoms with Crippen molar-refractivity contribution in [1.82, 2.24) is 9.78 Å². The van der Waals surface area contributed by atoms with Crippen LogP contribution in [0.15, 0.2) is 35.6 Å². The number of aliphatic imine (C=N–C) groups is 1. The van der Waals surface area contributed by atoms with E-state index in [0.717, 1.165) is 24.9 Å². The number of benzene rings is 1. The fourth-order valence-corrected chi connectivity index (χ4v) is 2.48. The molecule has 0 unspecified atom stereocenters. The molecule has 3 N–H and O–H groups in total. The Morgan fingerprint density at radius 3 is 2.50 bits per heavy atom. The molecular formula is C17H25N5. The average molecular weight is 299 g/mol. The van der Waals surface area contributed by atoms with Gasteiger partial charge in [-0.25, -0.2) is 0 Å². The van der Waals surface area contributed by atoms with Crippen molar-refractivity contribution >= 4 is 11.6 Å². The molecule has 0 radical (unpaired) electrons. The quantitative estimate of drug-likeness (QED) is 0.636. The standard InChI is InChI=1S/C17H25N5/c1-4-14-7-6-8-15(5-2)16(14)21-17(18)19-10-9-13-11-20-22(3)12-13/h6-8,11-12H,4-5,9-10H2,1-3H3,(H3,18,19,21). The predicted octanol–water partition coefficient (Wildman–Crippen LogP) is 2.51. The summed E-state index contributed by atoms with van der Waals surface area (Å²) in [5, 5.41) is 7.43. The van der Waals surface area contributed by atoms with Crippen molar-refractivity contribution in [1.29, 1.82) is 0 Å². The predicted molar refractivity (Wildman–Crippen MR) is 92.2 cm³/mol. The Hall–Kier alpha value is -2.30. The summed E-state index contributed by atoms with van der Waals surface area (Å²) in [7, 11) is 1.91. The number of para-hydroxylation sites is 1. The van der Waals surface area contributed by atoms with Gasteiger partial charge in [-0.3, -0.25) is 9.67 Å². The summed E-state index contributed by atoms with van der Waals surface area (Å²) in [6, 6.07) is 6.35. The molecule has 118 valence electrons. The highest BCUT2D eigenvalue weighted by molar-refractivity contribution is 5.93. The summed E-state index contributed by atoms with van der Waals surface area (Å²) in [6.45, 7) is 4.95. The molecule has 0 saturated heterocycles. The zero-order valence-electron chi connectivity index (χ0n) is 13.6. The highest BCUT2D eigenvalue weighted by Gasteiger charge is 2.06. The Bertz CT molecular complexity index is 620. The number of nitrogens with two attached hydrogens (primary N) is 1. The first kappa shape index (κ1) is 16.1. The molecular weight excluding hydrogens is 274 g/mol. The number of hydrogen-bond acceptors (Lipinski definition) is 2. The highest BCUT2D eigenvalue weighted by Crippen LogP contribution is 2.22. The zero-order valence-corrected chi connectivity index (χ0v) is 13.6. The fraction of sp³-hybridized carbons (Fsp3) is 0.412. The van der Waals surface area contributed by atoms with Crippen molar-refractivity contribution in [2.24, 2.45) is 17.8 Å². The monoisotopic (exact) mass is 299 g/mol. The van der Waals surface area contributed by atoms with Crippen LogP contribution >= 0.6 is 0 Å². The molecule has 1 aromatic carbocycles. The van der Waals surface area contributed by atoms with Crippen molar-refractivity contribution < 1.29 is 0 Å². The van der Waals surface area contributed by atoms with Crippen LogP contribution in [0.1, 0.15) is 30.5 Å². The van der Waals surface area contributed by atoms with Crippen LogP contribution in [0, 0.1) is 0 Å². The zero-order chi connectivity index (χ0) is 15.9. The molecule has 0 spiro atoms. The van der Waals surface area contributed by atoms with Gasteiger partial charge in [0.1, 0.15) is 0 Å². The van der Waals surface area contributed by atoms with Gasteiger partial charge in [0.25, 0.3) is 0 Å². The molecule has 5 heteroatoms. The van der Waals surface area contributed by atoms with Crippen molar-refractivity contribution in [3.63, 3.8) is 0 Å². The second kappa shape index (κ2) is 7.64. The van der Waals surface area contributed by atoms with Crippen molar-refractivity contribution in [2.75, 3.05) is 11.9 Å². The van der Waals surface area contributed by atoms with Crippen LogP contribution in [0.5, 0.6) is 0 Å². The molecule has 0 aliphatic carbocycles. The van der Waals surface area contributed by atoms with Gasteiger partial charge in [0.05, 0.1) is 6.20 Å². The van der Waals surface area contributed by atoms with Gasteiger partial charge in [0.15, 0.2) is 5.96 Å². The van der Waals surface area contributed by atoms with E-state index in [1.54, 1.807) is 4.68 Å². The lowest BCUT2D eigenvalue weighted by Gasteiger charge is -2.14. The Morgan fingerprint density at radius 1 is 1.27 bits per heavy atom. The Balaban J connectivity index is 2.01. The maximum absolute atomic E-state index is 6.04. The van der Waals surface area contributed by atoms with Gasteiger partial charge in [0.2, 0.25) is 0 Å². The van der Waals surface area contributed by atoms with E-state index in [0.29, 0.717) is 12.5 Å². The molecule has 2 rings (SSSR count). The summed E-state index contributed by atoms with van der Waals surface area (Å²) in [6.07, 6.45) is 6.64. The maximum Gasteiger partial charge on any atom is 0.193 e. The summed E-state index contributed by atoms with van der Waals surface area (Å²) < 4.78 is 1.80. The summed E-state index contributed by atoms with van der Waals surface area (Å²) in [4.78, 5) is 4.42. The molecule has 0 atom stereocenters. The van der Waals surface area contributed by atoms with Gasteiger partial charge in [-0.2, -0.15) is 5.10 Å². The Morgan fingerprint density at radius 2 is 1.95 bits per heavy atom. The molecule has 5 nitrogen and oxygen atoms in total. The number of nitrogens with one attached hydrogen (secondary N) is 1. The lowest BCUT2D eigenvalue weighted by molar-refractivity contribution is 0.766. The van der Waals surface area contributed by atoms with Crippen LogP contribution in [0.3, 0.4) is 0 Å². The maximum atomic E-state index is 6.04. The van der Waals surface area contributed by atoms with E-state index >= 15 is 0 Å². The van der Waals surface area contributed by atoms with E-state index in [2.05, 4.69) is 47.5 Å². The van der Waals surface area contributed by atoms with E-state index in [9.17, 15) is 0 Å². The van der Waals surface area contributed by atoms with Gasteiger partial charge < -0.3 is 11.1 Å². The molecule has 2 aromatic rings. The lowest BCUT2D eigenvalue weighted by atomic mass is 10.0. The van der Waals surface area contributed by atoms with Crippen LogP contribution in [-0.4, -0.2) is 22.3 Å². The van der Waals surface area contributed by atoms with E-state index in [1.165, 1.54) is 16.7 Å². The molecule has 0 saturated carbocycles. The van der Waals surface area contributed by atoms with Gasteiger partial charge >= 0.3 is 0 Å². The highest BCUT2D eigenvalue weighted by atomic mass is 15.2. The molecule has 22 heavy (non-hydrogen) atoms. The molecule has 0 aliphatic heterocycles. The molecule has 0 amide bonds.